The van der Waals surface area contributed by atoms with Crippen LogP contribution in [0, 0.1) is 5.92 Å². The minimum Gasteiger partial charge on any atom is -0.379 e. The number of hydrogen-bond acceptors (Lipinski definition) is 6. The number of nitrogens with zero attached hydrogens (tertiary/aromatic N) is 4. The van der Waals surface area contributed by atoms with E-state index in [0.717, 1.165) is 74.0 Å². The van der Waals surface area contributed by atoms with Crippen LogP contribution in [0.2, 0.25) is 5.02 Å². The van der Waals surface area contributed by atoms with Gasteiger partial charge in [-0.1, -0.05) is 29.8 Å². The van der Waals surface area contributed by atoms with Crippen LogP contribution in [0.25, 0.3) is 5.65 Å². The lowest BCUT2D eigenvalue weighted by atomic mass is 10.1. The van der Waals surface area contributed by atoms with Gasteiger partial charge in [0.1, 0.15) is 11.5 Å². The number of halogens is 1. The fraction of sp³-hybridized carbons (Fsp3) is 0.406. The molecule has 3 aromatic heterocycles. The molecule has 3 aliphatic rings. The second kappa shape index (κ2) is 11.4. The summed E-state index contributed by atoms with van der Waals surface area (Å²) >= 11 is 6.18. The number of anilines is 2. The molecule has 2 saturated carbocycles. The van der Waals surface area contributed by atoms with Gasteiger partial charge in [-0.2, -0.15) is 0 Å². The van der Waals surface area contributed by atoms with Crippen LogP contribution < -0.4 is 10.6 Å². The van der Waals surface area contributed by atoms with Crippen LogP contribution in [0.5, 0.6) is 0 Å². The zero-order valence-corrected chi connectivity index (χ0v) is 23.8. The Morgan fingerprint density at radius 1 is 1.00 bits per heavy atom. The molecule has 212 valence electrons. The van der Waals surface area contributed by atoms with Crippen molar-refractivity contribution in [3.63, 3.8) is 0 Å². The molecular formula is C32H35ClN6O2. The number of rotatable bonds is 10. The lowest BCUT2D eigenvalue weighted by Crippen LogP contribution is -2.37. The van der Waals surface area contributed by atoms with Crippen molar-refractivity contribution >= 4 is 34.7 Å². The predicted molar refractivity (Wildman–Crippen MR) is 161 cm³/mol. The van der Waals surface area contributed by atoms with E-state index in [4.69, 9.17) is 26.3 Å². The number of pyridine rings is 2. The molecule has 2 atom stereocenters. The highest BCUT2D eigenvalue weighted by Crippen LogP contribution is 2.48. The summed E-state index contributed by atoms with van der Waals surface area (Å²) in [6.07, 6.45) is 8.49. The van der Waals surface area contributed by atoms with Gasteiger partial charge in [0.05, 0.1) is 25.5 Å². The van der Waals surface area contributed by atoms with Gasteiger partial charge in [-0.05, 0) is 66.5 Å². The van der Waals surface area contributed by atoms with E-state index in [1.807, 2.05) is 30.3 Å². The normalized spacial score (nSPS) is 20.7. The molecule has 8 nitrogen and oxygen atoms in total. The zero-order valence-electron chi connectivity index (χ0n) is 23.1. The summed E-state index contributed by atoms with van der Waals surface area (Å²) in [4.78, 5) is 25.2. The van der Waals surface area contributed by atoms with Crippen LogP contribution in [-0.2, 0) is 22.5 Å². The van der Waals surface area contributed by atoms with Gasteiger partial charge < -0.3 is 19.8 Å². The monoisotopic (exact) mass is 570 g/mol. The molecule has 0 unspecified atom stereocenters. The van der Waals surface area contributed by atoms with Gasteiger partial charge >= 0.3 is 0 Å². The Hall–Kier alpha value is -3.46. The van der Waals surface area contributed by atoms with Crippen LogP contribution in [-0.4, -0.2) is 58.0 Å². The molecule has 2 aliphatic carbocycles. The Labute approximate surface area is 245 Å². The third-order valence-electron chi connectivity index (χ3n) is 8.37. The summed E-state index contributed by atoms with van der Waals surface area (Å²) in [5.74, 6) is 1.43. The summed E-state index contributed by atoms with van der Waals surface area (Å²) in [7, 11) is 0. The number of hydrogen-bond donors (Lipinski definition) is 2. The average molecular weight is 571 g/mol. The van der Waals surface area contributed by atoms with Crippen molar-refractivity contribution in [1.82, 2.24) is 19.3 Å². The molecule has 0 bridgehead atoms. The van der Waals surface area contributed by atoms with E-state index in [1.54, 1.807) is 0 Å². The predicted octanol–water partition coefficient (Wildman–Crippen LogP) is 5.49. The smallest absolute Gasteiger partial charge is 0.229 e. The minimum atomic E-state index is -0.0674. The maximum atomic E-state index is 13.2. The van der Waals surface area contributed by atoms with Gasteiger partial charge in [0.2, 0.25) is 5.91 Å². The van der Waals surface area contributed by atoms with Crippen LogP contribution in [0.3, 0.4) is 0 Å². The molecule has 0 radical (unpaired) electrons. The summed E-state index contributed by atoms with van der Waals surface area (Å²) < 4.78 is 7.62. The van der Waals surface area contributed by atoms with Gasteiger partial charge in [-0.25, -0.2) is 9.97 Å². The van der Waals surface area contributed by atoms with Gasteiger partial charge in [-0.15, -0.1) is 0 Å². The highest BCUT2D eigenvalue weighted by Gasteiger charge is 2.44. The number of amides is 1. The van der Waals surface area contributed by atoms with E-state index in [1.165, 1.54) is 18.4 Å². The number of carbonyl (C=O) groups is 1. The fourth-order valence-electron chi connectivity index (χ4n) is 5.79. The van der Waals surface area contributed by atoms with Crippen LogP contribution in [0.1, 0.15) is 53.6 Å². The quantitative estimate of drug-likeness (QED) is 0.262. The minimum absolute atomic E-state index is 0.00516. The second-order valence-electron chi connectivity index (χ2n) is 11.5. The first-order valence-corrected chi connectivity index (χ1v) is 15.0. The van der Waals surface area contributed by atoms with Gasteiger partial charge in [0.25, 0.3) is 0 Å². The molecule has 0 spiro atoms. The van der Waals surface area contributed by atoms with Gasteiger partial charge in [0.15, 0.2) is 0 Å². The highest BCUT2D eigenvalue weighted by molar-refractivity contribution is 6.30. The first kappa shape index (κ1) is 26.4. The number of benzene rings is 1. The standard InChI is InChI=1S/C32H35ClN6O2/c33-24-3-1-2-22(14-24)28-17-29(28)32(40)37-30-16-26(15-25(35-30)8-9-38-10-12-41-13-11-38)34-18-27-20-39-19-23(21-4-5-21)6-7-31(39)36-27/h1-3,6-7,14-16,19-21,28-29H,4-5,8-13,17-18H2,(H2,34,35,37,40)/t28-,29+/m1/s1. The fourth-order valence-corrected chi connectivity index (χ4v) is 5.98. The largest absolute Gasteiger partial charge is 0.379 e. The summed E-state index contributed by atoms with van der Waals surface area (Å²) in [6.45, 7) is 4.90. The molecule has 7 rings (SSSR count). The zero-order chi connectivity index (χ0) is 27.8. The number of imidazole rings is 1. The van der Waals surface area contributed by atoms with Crippen molar-refractivity contribution in [3.8, 4) is 0 Å². The van der Waals surface area contributed by atoms with Crippen molar-refractivity contribution in [1.29, 1.82) is 0 Å². The highest BCUT2D eigenvalue weighted by atomic mass is 35.5. The van der Waals surface area contributed by atoms with Crippen molar-refractivity contribution in [2.45, 2.75) is 44.1 Å². The van der Waals surface area contributed by atoms with Crippen molar-refractivity contribution < 1.29 is 9.53 Å². The Balaban J connectivity index is 1.05. The average Bonchev–Trinajstić information content (AvgIpc) is 3.92. The van der Waals surface area contributed by atoms with Crippen molar-refractivity contribution in [2.24, 2.45) is 5.92 Å². The number of ether oxygens (including phenoxy) is 1. The molecule has 1 amide bonds. The molecular weight excluding hydrogens is 536 g/mol. The molecule has 4 heterocycles. The number of carbonyl (C=O) groups excluding carboxylic acids is 1. The number of nitrogens with one attached hydrogen (secondary N) is 2. The second-order valence-corrected chi connectivity index (χ2v) is 12.0. The Morgan fingerprint density at radius 2 is 1.88 bits per heavy atom. The Bertz CT molecular complexity index is 1560. The number of aromatic nitrogens is 3. The molecule has 4 aromatic rings. The first-order valence-electron chi connectivity index (χ1n) is 14.7. The van der Waals surface area contributed by atoms with Crippen molar-refractivity contribution in [3.05, 3.63) is 88.5 Å². The van der Waals surface area contributed by atoms with Crippen LogP contribution >= 0.6 is 11.6 Å². The summed E-state index contributed by atoms with van der Waals surface area (Å²) in [6, 6.07) is 16.1. The molecule has 41 heavy (non-hydrogen) atoms. The first-order chi connectivity index (χ1) is 20.1. The van der Waals surface area contributed by atoms with E-state index in [2.05, 4.69) is 50.5 Å². The van der Waals surface area contributed by atoms with E-state index in [9.17, 15) is 4.79 Å². The number of morpholine rings is 1. The van der Waals surface area contributed by atoms with E-state index in [0.29, 0.717) is 23.3 Å². The van der Waals surface area contributed by atoms with E-state index >= 15 is 0 Å². The maximum Gasteiger partial charge on any atom is 0.229 e. The SMILES string of the molecule is O=C(Nc1cc(NCc2cn3cc(C4CC4)ccc3n2)cc(CCN2CCOCC2)n1)[C@H]1C[C@@H]1c1cccc(Cl)c1. The van der Waals surface area contributed by atoms with Crippen LogP contribution in [0.15, 0.2) is 60.9 Å². The maximum absolute atomic E-state index is 13.2. The van der Waals surface area contributed by atoms with E-state index in [-0.39, 0.29) is 17.7 Å². The van der Waals surface area contributed by atoms with E-state index < -0.39 is 0 Å². The topological polar surface area (TPSA) is 83.8 Å². The molecule has 3 fully saturated rings. The van der Waals surface area contributed by atoms with Crippen LogP contribution in [0.4, 0.5) is 11.5 Å². The molecule has 1 aromatic carbocycles. The molecule has 1 aliphatic heterocycles. The molecule has 1 saturated heterocycles. The summed E-state index contributed by atoms with van der Waals surface area (Å²) in [5, 5.41) is 7.34. The Kier molecular flexibility index (Phi) is 7.37. The summed E-state index contributed by atoms with van der Waals surface area (Å²) in [5.41, 5.74) is 6.30. The lowest BCUT2D eigenvalue weighted by Gasteiger charge is -2.26. The van der Waals surface area contributed by atoms with Crippen molar-refractivity contribution in [2.75, 3.05) is 43.5 Å². The molecule has 9 heteroatoms. The third-order valence-corrected chi connectivity index (χ3v) is 8.60. The van der Waals surface area contributed by atoms with Gasteiger partial charge in [-0.3, -0.25) is 9.69 Å². The number of fused-ring (bicyclic) bond motifs is 1. The lowest BCUT2D eigenvalue weighted by molar-refractivity contribution is -0.117. The Morgan fingerprint density at radius 3 is 2.71 bits per heavy atom. The molecule has 2 N–H and O–H groups in total. The van der Waals surface area contributed by atoms with Gasteiger partial charge in [0, 0.05) is 66.8 Å². The third kappa shape index (κ3) is 6.40.